The molecule has 0 bridgehead atoms. The number of anilines is 2. The molecule has 3 nitrogen and oxygen atoms in total. The Balaban J connectivity index is 2.12. The summed E-state index contributed by atoms with van der Waals surface area (Å²) in [6.07, 6.45) is 1.25. The van der Waals surface area contributed by atoms with Crippen LogP contribution in [0.3, 0.4) is 0 Å². The van der Waals surface area contributed by atoms with Crippen molar-refractivity contribution in [2.45, 2.75) is 26.7 Å². The minimum Gasteiger partial charge on any atom is -0.274 e. The first-order chi connectivity index (χ1) is 12.5. The van der Waals surface area contributed by atoms with Gasteiger partial charge in [0.2, 0.25) is 5.91 Å². The van der Waals surface area contributed by atoms with Gasteiger partial charge in [-0.1, -0.05) is 49.7 Å². The molecule has 1 amide bonds. The largest absolute Gasteiger partial charge is 0.274 e. The Morgan fingerprint density at radius 1 is 1.15 bits per heavy atom. The zero-order valence-electron chi connectivity index (χ0n) is 14.5. The Morgan fingerprint density at radius 2 is 1.85 bits per heavy atom. The fraction of sp³-hybridized carbons (Fsp3) is 0.200. The summed E-state index contributed by atoms with van der Waals surface area (Å²) < 4.78 is 0.864. The van der Waals surface area contributed by atoms with Crippen molar-refractivity contribution >= 4 is 55.6 Å². The van der Waals surface area contributed by atoms with Gasteiger partial charge in [-0.15, -0.1) is 11.3 Å². The molecule has 0 spiro atoms. The Hall–Kier alpha value is -1.69. The van der Waals surface area contributed by atoms with Gasteiger partial charge in [-0.3, -0.25) is 9.69 Å². The normalized spacial score (nSPS) is 10.8. The molecule has 3 rings (SSSR count). The molecule has 134 valence electrons. The predicted molar refractivity (Wildman–Crippen MR) is 114 cm³/mol. The minimum atomic E-state index is 0.0101. The van der Waals surface area contributed by atoms with Crippen LogP contribution in [0.5, 0.6) is 0 Å². The van der Waals surface area contributed by atoms with Crippen molar-refractivity contribution in [3.05, 3.63) is 62.9 Å². The Labute approximate surface area is 170 Å². The third-order valence-electron chi connectivity index (χ3n) is 3.96. The molecule has 3 aromatic rings. The molecule has 1 aromatic heterocycles. The van der Waals surface area contributed by atoms with Gasteiger partial charge in [-0.05, 0) is 46.6 Å². The van der Waals surface area contributed by atoms with Crippen LogP contribution in [-0.4, -0.2) is 10.9 Å². The molecular formula is C20H18BrClN2OS. The number of para-hydroxylation sites is 1. The maximum atomic E-state index is 12.7. The van der Waals surface area contributed by atoms with Crippen molar-refractivity contribution in [1.82, 2.24) is 4.98 Å². The number of amides is 1. The summed E-state index contributed by atoms with van der Waals surface area (Å²) in [6.45, 7) is 3.96. The standard InChI is InChI=1S/C20H18BrClN2OS/c1-3-17-19(13-9-11-14(22)12-10-13)23-20(26-17)24(18(25)4-2)16-8-6-5-7-15(16)21/h5-12H,3-4H2,1-2H3. The highest BCUT2D eigenvalue weighted by atomic mass is 79.9. The van der Waals surface area contributed by atoms with Crippen LogP contribution in [0.4, 0.5) is 10.8 Å². The lowest BCUT2D eigenvalue weighted by Gasteiger charge is -2.20. The zero-order chi connectivity index (χ0) is 18.7. The molecule has 0 unspecified atom stereocenters. The summed E-state index contributed by atoms with van der Waals surface area (Å²) in [5.41, 5.74) is 2.72. The maximum absolute atomic E-state index is 12.7. The van der Waals surface area contributed by atoms with E-state index in [1.165, 1.54) is 0 Å². The number of thiazole rings is 1. The van der Waals surface area contributed by atoms with Crippen LogP contribution >= 0.6 is 38.9 Å². The number of carbonyl (C=O) groups excluding carboxylic acids is 1. The molecule has 6 heteroatoms. The molecule has 26 heavy (non-hydrogen) atoms. The molecule has 0 aliphatic rings. The number of nitrogens with zero attached hydrogens (tertiary/aromatic N) is 2. The molecule has 0 aliphatic carbocycles. The van der Waals surface area contributed by atoms with Crippen LogP contribution < -0.4 is 4.90 Å². The zero-order valence-corrected chi connectivity index (χ0v) is 17.7. The lowest BCUT2D eigenvalue weighted by molar-refractivity contribution is -0.117. The van der Waals surface area contributed by atoms with E-state index in [0.717, 1.165) is 32.7 Å². The van der Waals surface area contributed by atoms with Crippen LogP contribution in [-0.2, 0) is 11.2 Å². The topological polar surface area (TPSA) is 33.2 Å². The number of rotatable bonds is 5. The number of aryl methyl sites for hydroxylation is 1. The number of benzene rings is 2. The van der Waals surface area contributed by atoms with Gasteiger partial charge in [0.15, 0.2) is 5.13 Å². The summed E-state index contributed by atoms with van der Waals surface area (Å²) >= 11 is 11.1. The first-order valence-electron chi connectivity index (χ1n) is 8.38. The van der Waals surface area contributed by atoms with E-state index in [1.807, 2.05) is 55.5 Å². The van der Waals surface area contributed by atoms with Crippen molar-refractivity contribution in [2.75, 3.05) is 4.90 Å². The molecule has 0 saturated heterocycles. The van der Waals surface area contributed by atoms with Crippen LogP contribution in [0.25, 0.3) is 11.3 Å². The lowest BCUT2D eigenvalue weighted by Crippen LogP contribution is -2.25. The van der Waals surface area contributed by atoms with Gasteiger partial charge < -0.3 is 0 Å². The van der Waals surface area contributed by atoms with Gasteiger partial charge in [-0.2, -0.15) is 0 Å². The van der Waals surface area contributed by atoms with E-state index in [-0.39, 0.29) is 5.91 Å². The van der Waals surface area contributed by atoms with Crippen molar-refractivity contribution in [1.29, 1.82) is 0 Å². The average molecular weight is 450 g/mol. The van der Waals surface area contributed by atoms with Crippen LogP contribution in [0, 0.1) is 0 Å². The third kappa shape index (κ3) is 3.85. The van der Waals surface area contributed by atoms with Crippen molar-refractivity contribution in [3.63, 3.8) is 0 Å². The molecular weight excluding hydrogens is 432 g/mol. The second kappa shape index (κ2) is 8.33. The summed E-state index contributed by atoms with van der Waals surface area (Å²) in [4.78, 5) is 20.4. The molecule has 2 aromatic carbocycles. The first kappa shape index (κ1) is 19.1. The Kier molecular flexibility index (Phi) is 6.12. The monoisotopic (exact) mass is 448 g/mol. The first-order valence-corrected chi connectivity index (χ1v) is 10.4. The van der Waals surface area contributed by atoms with Gasteiger partial charge >= 0.3 is 0 Å². The van der Waals surface area contributed by atoms with Crippen molar-refractivity contribution < 1.29 is 4.79 Å². The highest BCUT2D eigenvalue weighted by molar-refractivity contribution is 9.10. The molecule has 0 fully saturated rings. The quantitative estimate of drug-likeness (QED) is 0.426. The molecule has 1 heterocycles. The van der Waals surface area contributed by atoms with E-state index < -0.39 is 0 Å². The fourth-order valence-electron chi connectivity index (χ4n) is 2.64. The van der Waals surface area contributed by atoms with Crippen molar-refractivity contribution in [2.24, 2.45) is 0 Å². The van der Waals surface area contributed by atoms with Crippen LogP contribution in [0.2, 0.25) is 5.02 Å². The lowest BCUT2D eigenvalue weighted by atomic mass is 10.1. The van der Waals surface area contributed by atoms with E-state index in [9.17, 15) is 4.79 Å². The summed E-state index contributed by atoms with van der Waals surface area (Å²) in [5.74, 6) is 0.0101. The van der Waals surface area contributed by atoms with Gasteiger partial charge in [0, 0.05) is 26.4 Å². The number of carbonyl (C=O) groups is 1. The Bertz CT molecular complexity index is 924. The van der Waals surface area contributed by atoms with E-state index in [2.05, 4.69) is 22.9 Å². The SMILES string of the molecule is CCC(=O)N(c1nc(-c2ccc(Cl)cc2)c(CC)s1)c1ccccc1Br. The van der Waals surface area contributed by atoms with Gasteiger partial charge in [0.1, 0.15) is 0 Å². The highest BCUT2D eigenvalue weighted by Crippen LogP contribution is 2.39. The van der Waals surface area contributed by atoms with Gasteiger partial charge in [0.05, 0.1) is 11.4 Å². The maximum Gasteiger partial charge on any atom is 0.233 e. The molecule has 0 radical (unpaired) electrons. The molecule has 0 saturated carbocycles. The van der Waals surface area contributed by atoms with Crippen LogP contribution in [0.1, 0.15) is 25.1 Å². The second-order valence-electron chi connectivity index (χ2n) is 5.66. The van der Waals surface area contributed by atoms with Gasteiger partial charge in [0.25, 0.3) is 0 Å². The molecule has 0 atom stereocenters. The summed E-state index contributed by atoms with van der Waals surface area (Å²) in [5, 5.41) is 1.38. The molecule has 0 aliphatic heterocycles. The third-order valence-corrected chi connectivity index (χ3v) is 6.07. The van der Waals surface area contributed by atoms with E-state index >= 15 is 0 Å². The number of halogens is 2. The van der Waals surface area contributed by atoms with E-state index in [4.69, 9.17) is 16.6 Å². The number of hydrogen-bond acceptors (Lipinski definition) is 3. The highest BCUT2D eigenvalue weighted by Gasteiger charge is 2.24. The molecule has 0 N–H and O–H groups in total. The van der Waals surface area contributed by atoms with Crippen LogP contribution in [0.15, 0.2) is 53.0 Å². The van der Waals surface area contributed by atoms with Gasteiger partial charge in [-0.25, -0.2) is 4.98 Å². The smallest absolute Gasteiger partial charge is 0.233 e. The van der Waals surface area contributed by atoms with Crippen molar-refractivity contribution in [3.8, 4) is 11.3 Å². The van der Waals surface area contributed by atoms with E-state index in [0.29, 0.717) is 16.6 Å². The second-order valence-corrected chi connectivity index (χ2v) is 8.02. The average Bonchev–Trinajstić information content (AvgIpc) is 3.08. The summed E-state index contributed by atoms with van der Waals surface area (Å²) in [7, 11) is 0. The fourth-order valence-corrected chi connectivity index (χ4v) is 4.28. The predicted octanol–water partition coefficient (Wildman–Crippen LogP) is 6.86. The minimum absolute atomic E-state index is 0.0101. The summed E-state index contributed by atoms with van der Waals surface area (Å²) in [6, 6.07) is 15.4. The van der Waals surface area contributed by atoms with E-state index in [1.54, 1.807) is 16.2 Å². The Morgan fingerprint density at radius 3 is 2.46 bits per heavy atom. The number of hydrogen-bond donors (Lipinski definition) is 0. The number of aromatic nitrogens is 1.